The third-order valence-electron chi connectivity index (χ3n) is 3.59. The molecular formula is C18H19NO2. The Hall–Kier alpha value is -2.42. The normalized spacial score (nSPS) is 10.8. The van der Waals surface area contributed by atoms with E-state index in [-0.39, 0.29) is 0 Å². The summed E-state index contributed by atoms with van der Waals surface area (Å²) in [4.78, 5) is 0. The number of rotatable bonds is 5. The maximum atomic E-state index is 5.68. The Morgan fingerprint density at radius 2 is 1.81 bits per heavy atom. The molecule has 21 heavy (non-hydrogen) atoms. The van der Waals surface area contributed by atoms with Gasteiger partial charge in [0.1, 0.15) is 11.5 Å². The predicted octanol–water partition coefficient (Wildman–Crippen LogP) is 4.10. The predicted molar refractivity (Wildman–Crippen MR) is 85.2 cm³/mol. The van der Waals surface area contributed by atoms with E-state index in [4.69, 9.17) is 9.47 Å². The van der Waals surface area contributed by atoms with Crippen molar-refractivity contribution in [3.05, 3.63) is 60.3 Å². The second-order valence-corrected chi connectivity index (χ2v) is 4.91. The fourth-order valence-corrected chi connectivity index (χ4v) is 2.54. The lowest BCUT2D eigenvalue weighted by molar-refractivity contribution is 0.344. The number of hydrogen-bond donors (Lipinski definition) is 0. The zero-order valence-corrected chi connectivity index (χ0v) is 12.4. The van der Waals surface area contributed by atoms with Crippen molar-refractivity contribution >= 4 is 10.9 Å². The number of hydrogen-bond acceptors (Lipinski definition) is 2. The van der Waals surface area contributed by atoms with Crippen LogP contribution in [-0.2, 0) is 6.54 Å². The first kappa shape index (κ1) is 13.6. The minimum absolute atomic E-state index is 0.683. The maximum absolute atomic E-state index is 5.68. The van der Waals surface area contributed by atoms with Crippen molar-refractivity contribution in [3.63, 3.8) is 0 Å². The molecule has 3 aromatic rings. The largest absolute Gasteiger partial charge is 0.497 e. The summed E-state index contributed by atoms with van der Waals surface area (Å²) in [6, 6.07) is 16.5. The fraction of sp³-hybridized carbons (Fsp3) is 0.222. The molecule has 3 nitrogen and oxygen atoms in total. The highest BCUT2D eigenvalue weighted by Gasteiger charge is 2.06. The van der Waals surface area contributed by atoms with Crippen molar-refractivity contribution in [2.45, 2.75) is 13.5 Å². The zero-order valence-electron chi connectivity index (χ0n) is 12.4. The monoisotopic (exact) mass is 281 g/mol. The van der Waals surface area contributed by atoms with Gasteiger partial charge in [-0.1, -0.05) is 18.2 Å². The van der Waals surface area contributed by atoms with Crippen molar-refractivity contribution in [1.29, 1.82) is 0 Å². The van der Waals surface area contributed by atoms with Crippen LogP contribution in [0.4, 0.5) is 0 Å². The number of aromatic nitrogens is 1. The molecule has 0 atom stereocenters. The standard InChI is InChI=1S/C18H19NO2/c1-3-21-18-6-4-5-17-16(18)11-12-19(17)13-14-7-9-15(20-2)10-8-14/h4-12H,3,13H2,1-2H3. The molecule has 0 N–H and O–H groups in total. The number of ether oxygens (including phenoxy) is 2. The summed E-state index contributed by atoms with van der Waals surface area (Å²) in [5.41, 5.74) is 2.44. The highest BCUT2D eigenvalue weighted by molar-refractivity contribution is 5.86. The van der Waals surface area contributed by atoms with Crippen LogP contribution >= 0.6 is 0 Å². The molecule has 1 aromatic heterocycles. The number of benzene rings is 2. The van der Waals surface area contributed by atoms with Crippen LogP contribution in [0.25, 0.3) is 10.9 Å². The molecular weight excluding hydrogens is 262 g/mol. The van der Waals surface area contributed by atoms with Crippen LogP contribution in [0.15, 0.2) is 54.7 Å². The number of nitrogens with zero attached hydrogens (tertiary/aromatic N) is 1. The molecule has 3 heteroatoms. The van der Waals surface area contributed by atoms with Gasteiger partial charge >= 0.3 is 0 Å². The summed E-state index contributed by atoms with van der Waals surface area (Å²) >= 11 is 0. The first-order valence-corrected chi connectivity index (χ1v) is 7.15. The first-order chi connectivity index (χ1) is 10.3. The summed E-state index contributed by atoms with van der Waals surface area (Å²) in [7, 11) is 1.68. The average Bonchev–Trinajstić information content (AvgIpc) is 2.93. The van der Waals surface area contributed by atoms with Crippen LogP contribution < -0.4 is 9.47 Å². The van der Waals surface area contributed by atoms with E-state index in [1.54, 1.807) is 7.11 Å². The molecule has 2 aromatic carbocycles. The lowest BCUT2D eigenvalue weighted by Gasteiger charge is -2.08. The van der Waals surface area contributed by atoms with Crippen molar-refractivity contribution < 1.29 is 9.47 Å². The van der Waals surface area contributed by atoms with E-state index in [1.807, 2.05) is 31.2 Å². The van der Waals surface area contributed by atoms with Crippen LogP contribution in [0.2, 0.25) is 0 Å². The summed E-state index contributed by atoms with van der Waals surface area (Å²) in [6.07, 6.45) is 2.11. The van der Waals surface area contributed by atoms with Gasteiger partial charge in [-0.2, -0.15) is 0 Å². The van der Waals surface area contributed by atoms with Gasteiger partial charge in [0, 0.05) is 18.1 Å². The highest BCUT2D eigenvalue weighted by Crippen LogP contribution is 2.27. The smallest absolute Gasteiger partial charge is 0.128 e. The van der Waals surface area contributed by atoms with Crippen LogP contribution in [0.5, 0.6) is 11.5 Å². The van der Waals surface area contributed by atoms with E-state index in [0.29, 0.717) is 6.61 Å². The quantitative estimate of drug-likeness (QED) is 0.703. The van der Waals surface area contributed by atoms with Crippen molar-refractivity contribution in [2.75, 3.05) is 13.7 Å². The van der Waals surface area contributed by atoms with Gasteiger partial charge in [-0.05, 0) is 42.8 Å². The molecule has 0 amide bonds. The van der Waals surface area contributed by atoms with Gasteiger partial charge in [0.2, 0.25) is 0 Å². The molecule has 108 valence electrons. The van der Waals surface area contributed by atoms with Gasteiger partial charge in [-0.15, -0.1) is 0 Å². The SMILES string of the molecule is CCOc1cccc2c1ccn2Cc1ccc(OC)cc1. The van der Waals surface area contributed by atoms with Crippen LogP contribution in [0.3, 0.4) is 0 Å². The van der Waals surface area contributed by atoms with Crippen LogP contribution in [0, 0.1) is 0 Å². The topological polar surface area (TPSA) is 23.4 Å². The molecule has 0 spiro atoms. The minimum atomic E-state index is 0.683. The molecule has 0 fully saturated rings. The Morgan fingerprint density at radius 3 is 2.52 bits per heavy atom. The Balaban J connectivity index is 1.91. The van der Waals surface area contributed by atoms with E-state index in [1.165, 1.54) is 11.1 Å². The van der Waals surface area contributed by atoms with E-state index in [2.05, 4.69) is 35.0 Å². The van der Waals surface area contributed by atoms with Gasteiger partial charge in [-0.3, -0.25) is 0 Å². The van der Waals surface area contributed by atoms with E-state index >= 15 is 0 Å². The van der Waals surface area contributed by atoms with Crippen LogP contribution in [0.1, 0.15) is 12.5 Å². The van der Waals surface area contributed by atoms with Gasteiger partial charge < -0.3 is 14.0 Å². The van der Waals surface area contributed by atoms with Crippen molar-refractivity contribution in [2.24, 2.45) is 0 Å². The maximum Gasteiger partial charge on any atom is 0.128 e. The molecule has 1 heterocycles. The Morgan fingerprint density at radius 1 is 1.00 bits per heavy atom. The van der Waals surface area contributed by atoms with Crippen molar-refractivity contribution in [3.8, 4) is 11.5 Å². The van der Waals surface area contributed by atoms with Gasteiger partial charge in [0.15, 0.2) is 0 Å². The molecule has 0 aliphatic rings. The number of methoxy groups -OCH3 is 1. The van der Waals surface area contributed by atoms with E-state index in [9.17, 15) is 0 Å². The Labute approximate surface area is 124 Å². The molecule has 0 aliphatic carbocycles. The second-order valence-electron chi connectivity index (χ2n) is 4.91. The minimum Gasteiger partial charge on any atom is -0.497 e. The lowest BCUT2D eigenvalue weighted by Crippen LogP contribution is -1.98. The summed E-state index contributed by atoms with van der Waals surface area (Å²) in [5, 5.41) is 1.16. The second kappa shape index (κ2) is 5.92. The Kier molecular flexibility index (Phi) is 3.82. The average molecular weight is 281 g/mol. The molecule has 3 rings (SSSR count). The molecule has 0 saturated heterocycles. The van der Waals surface area contributed by atoms with Crippen LogP contribution in [-0.4, -0.2) is 18.3 Å². The fourth-order valence-electron chi connectivity index (χ4n) is 2.54. The van der Waals surface area contributed by atoms with Gasteiger partial charge in [0.25, 0.3) is 0 Å². The molecule has 0 radical (unpaired) electrons. The highest BCUT2D eigenvalue weighted by atomic mass is 16.5. The molecule has 0 aliphatic heterocycles. The Bertz CT molecular complexity index is 729. The summed E-state index contributed by atoms with van der Waals surface area (Å²) in [6.45, 7) is 3.53. The van der Waals surface area contributed by atoms with Gasteiger partial charge in [-0.25, -0.2) is 0 Å². The van der Waals surface area contributed by atoms with Crippen molar-refractivity contribution in [1.82, 2.24) is 4.57 Å². The van der Waals surface area contributed by atoms with E-state index < -0.39 is 0 Å². The lowest BCUT2D eigenvalue weighted by atomic mass is 10.2. The molecule has 0 bridgehead atoms. The molecule has 0 saturated carbocycles. The van der Waals surface area contributed by atoms with E-state index in [0.717, 1.165) is 23.4 Å². The van der Waals surface area contributed by atoms with Gasteiger partial charge in [0.05, 0.1) is 19.2 Å². The third-order valence-corrected chi connectivity index (χ3v) is 3.59. The first-order valence-electron chi connectivity index (χ1n) is 7.15. The zero-order chi connectivity index (χ0) is 14.7. The number of fused-ring (bicyclic) bond motifs is 1. The third kappa shape index (κ3) is 2.72. The summed E-state index contributed by atoms with van der Waals surface area (Å²) < 4.78 is 13.1. The molecule has 0 unspecified atom stereocenters. The summed E-state index contributed by atoms with van der Waals surface area (Å²) in [5.74, 6) is 1.83.